The SMILES string of the molecule is Cc1ccc(C=c2sc3n(c2=O)CCN=3)cc1. The molecule has 3 rings (SSSR count). The van der Waals surface area contributed by atoms with Crippen molar-refractivity contribution in [2.24, 2.45) is 4.99 Å². The van der Waals surface area contributed by atoms with E-state index in [1.165, 1.54) is 16.9 Å². The Balaban J connectivity index is 2.17. The largest absolute Gasteiger partial charge is 0.282 e. The smallest absolute Gasteiger partial charge is 0.270 e. The number of hydrogen-bond donors (Lipinski definition) is 0. The Morgan fingerprint density at radius 3 is 2.82 bits per heavy atom. The van der Waals surface area contributed by atoms with Gasteiger partial charge in [0.2, 0.25) is 0 Å². The maximum atomic E-state index is 12.0. The van der Waals surface area contributed by atoms with Crippen molar-refractivity contribution in [3.63, 3.8) is 0 Å². The fraction of sp³-hybridized carbons (Fsp3) is 0.231. The highest BCUT2D eigenvalue weighted by Crippen LogP contribution is 2.03. The number of benzene rings is 1. The average molecular weight is 244 g/mol. The molecule has 2 heterocycles. The van der Waals surface area contributed by atoms with Crippen LogP contribution in [0.15, 0.2) is 34.1 Å². The first kappa shape index (κ1) is 10.5. The van der Waals surface area contributed by atoms with Crippen molar-refractivity contribution in [3.8, 4) is 0 Å². The first-order chi connectivity index (χ1) is 8.24. The lowest BCUT2D eigenvalue weighted by Crippen LogP contribution is -2.29. The number of hydrogen-bond acceptors (Lipinski definition) is 3. The van der Waals surface area contributed by atoms with Crippen LogP contribution in [0.25, 0.3) is 6.08 Å². The predicted molar refractivity (Wildman–Crippen MR) is 69.0 cm³/mol. The molecule has 0 N–H and O–H groups in total. The molecule has 0 saturated carbocycles. The van der Waals surface area contributed by atoms with Crippen LogP contribution in [0.5, 0.6) is 0 Å². The summed E-state index contributed by atoms with van der Waals surface area (Å²) in [4.78, 5) is 17.2. The van der Waals surface area contributed by atoms with Crippen LogP contribution in [0, 0.1) is 6.92 Å². The van der Waals surface area contributed by atoms with Crippen LogP contribution in [-0.2, 0) is 6.54 Å². The number of fused-ring (bicyclic) bond motifs is 1. The maximum absolute atomic E-state index is 12.0. The second-order valence-corrected chi connectivity index (χ2v) is 5.15. The molecule has 1 aliphatic heterocycles. The van der Waals surface area contributed by atoms with Crippen LogP contribution < -0.4 is 14.9 Å². The standard InChI is InChI=1S/C13H12N2OS/c1-9-2-4-10(5-3-9)8-11-12(16)15-7-6-14-13(15)17-11/h2-5,8H,6-7H2,1H3. The van der Waals surface area contributed by atoms with Crippen molar-refractivity contribution in [3.05, 3.63) is 55.1 Å². The Bertz CT molecular complexity index is 722. The molecule has 2 aromatic rings. The van der Waals surface area contributed by atoms with E-state index in [4.69, 9.17) is 0 Å². The first-order valence-corrected chi connectivity index (χ1v) is 6.38. The predicted octanol–water partition coefficient (Wildman–Crippen LogP) is 0.680. The minimum Gasteiger partial charge on any atom is -0.282 e. The molecule has 1 aromatic heterocycles. The van der Waals surface area contributed by atoms with Gasteiger partial charge in [-0.3, -0.25) is 14.4 Å². The van der Waals surface area contributed by atoms with Crippen LogP contribution in [0.1, 0.15) is 11.1 Å². The highest BCUT2D eigenvalue weighted by atomic mass is 32.1. The lowest BCUT2D eigenvalue weighted by molar-refractivity contribution is 0.740. The zero-order valence-electron chi connectivity index (χ0n) is 9.51. The summed E-state index contributed by atoms with van der Waals surface area (Å²) in [6.45, 7) is 3.52. The molecular weight excluding hydrogens is 232 g/mol. The Morgan fingerprint density at radius 2 is 2.12 bits per heavy atom. The van der Waals surface area contributed by atoms with E-state index >= 15 is 0 Å². The molecule has 1 aromatic carbocycles. The number of rotatable bonds is 1. The zero-order chi connectivity index (χ0) is 11.8. The van der Waals surface area contributed by atoms with Crippen molar-refractivity contribution in [1.29, 1.82) is 0 Å². The Hall–Kier alpha value is -1.68. The van der Waals surface area contributed by atoms with Gasteiger partial charge >= 0.3 is 0 Å². The van der Waals surface area contributed by atoms with Gasteiger partial charge in [0.05, 0.1) is 11.1 Å². The average Bonchev–Trinajstić information content (AvgIpc) is 2.87. The molecule has 0 radical (unpaired) electrons. The van der Waals surface area contributed by atoms with Gasteiger partial charge in [-0.15, -0.1) is 0 Å². The summed E-state index contributed by atoms with van der Waals surface area (Å²) in [5.74, 6) is 0. The van der Waals surface area contributed by atoms with Gasteiger partial charge in [-0.1, -0.05) is 41.2 Å². The lowest BCUT2D eigenvalue weighted by Gasteiger charge is -1.93. The van der Waals surface area contributed by atoms with Gasteiger partial charge in [0, 0.05) is 6.54 Å². The summed E-state index contributed by atoms with van der Waals surface area (Å²) >= 11 is 1.48. The second kappa shape index (κ2) is 3.96. The molecule has 1 aliphatic rings. The van der Waals surface area contributed by atoms with E-state index in [1.807, 2.05) is 18.2 Å². The molecule has 3 nitrogen and oxygen atoms in total. The van der Waals surface area contributed by atoms with Crippen molar-refractivity contribution in [1.82, 2.24) is 4.57 Å². The molecule has 0 spiro atoms. The van der Waals surface area contributed by atoms with Gasteiger partial charge in [-0.05, 0) is 18.6 Å². The summed E-state index contributed by atoms with van der Waals surface area (Å²) in [5, 5.41) is 0. The van der Waals surface area contributed by atoms with E-state index in [0.29, 0.717) is 0 Å². The van der Waals surface area contributed by atoms with Gasteiger partial charge in [0.25, 0.3) is 5.56 Å². The first-order valence-electron chi connectivity index (χ1n) is 5.56. The quantitative estimate of drug-likeness (QED) is 0.726. The Morgan fingerprint density at radius 1 is 1.35 bits per heavy atom. The van der Waals surface area contributed by atoms with Gasteiger partial charge in [-0.25, -0.2) is 0 Å². The van der Waals surface area contributed by atoms with Gasteiger partial charge < -0.3 is 0 Å². The van der Waals surface area contributed by atoms with Crippen LogP contribution in [-0.4, -0.2) is 11.1 Å². The van der Waals surface area contributed by atoms with Gasteiger partial charge in [0.1, 0.15) is 0 Å². The van der Waals surface area contributed by atoms with Crippen LogP contribution in [0.3, 0.4) is 0 Å². The minimum absolute atomic E-state index is 0.0897. The minimum atomic E-state index is 0.0897. The Labute approximate surface area is 102 Å². The maximum Gasteiger partial charge on any atom is 0.270 e. The molecule has 0 unspecified atom stereocenters. The van der Waals surface area contributed by atoms with Crippen LogP contribution >= 0.6 is 11.3 Å². The number of nitrogens with zero attached hydrogens (tertiary/aromatic N) is 2. The van der Waals surface area contributed by atoms with Crippen molar-refractivity contribution < 1.29 is 0 Å². The number of aryl methyl sites for hydroxylation is 1. The summed E-state index contributed by atoms with van der Waals surface area (Å²) in [6.07, 6.45) is 1.94. The van der Waals surface area contributed by atoms with Crippen molar-refractivity contribution >= 4 is 17.4 Å². The van der Waals surface area contributed by atoms with E-state index in [-0.39, 0.29) is 5.56 Å². The molecule has 0 saturated heterocycles. The molecule has 0 amide bonds. The molecule has 86 valence electrons. The monoisotopic (exact) mass is 244 g/mol. The summed E-state index contributed by atoms with van der Waals surface area (Å²) in [6, 6.07) is 8.16. The van der Waals surface area contributed by atoms with E-state index in [1.54, 1.807) is 4.57 Å². The third-order valence-electron chi connectivity index (χ3n) is 2.83. The summed E-state index contributed by atoms with van der Waals surface area (Å²) in [7, 11) is 0. The third-order valence-corrected chi connectivity index (χ3v) is 3.88. The normalized spacial score (nSPS) is 14.8. The van der Waals surface area contributed by atoms with Crippen LogP contribution in [0.2, 0.25) is 0 Å². The van der Waals surface area contributed by atoms with E-state index in [2.05, 4.69) is 24.0 Å². The fourth-order valence-corrected chi connectivity index (χ4v) is 2.91. The fourth-order valence-electron chi connectivity index (χ4n) is 1.88. The van der Waals surface area contributed by atoms with Crippen LogP contribution in [0.4, 0.5) is 0 Å². The molecular formula is C13H12N2OS. The van der Waals surface area contributed by atoms with Gasteiger partial charge in [-0.2, -0.15) is 0 Å². The zero-order valence-corrected chi connectivity index (χ0v) is 10.3. The number of aromatic nitrogens is 1. The van der Waals surface area contributed by atoms with E-state index in [0.717, 1.165) is 28.0 Å². The highest BCUT2D eigenvalue weighted by molar-refractivity contribution is 7.07. The summed E-state index contributed by atoms with van der Waals surface area (Å²) < 4.78 is 2.53. The Kier molecular flexibility index (Phi) is 2.44. The highest BCUT2D eigenvalue weighted by Gasteiger charge is 2.09. The second-order valence-electron chi connectivity index (χ2n) is 4.14. The van der Waals surface area contributed by atoms with Crippen molar-refractivity contribution in [2.45, 2.75) is 13.5 Å². The molecule has 17 heavy (non-hydrogen) atoms. The van der Waals surface area contributed by atoms with E-state index < -0.39 is 0 Å². The molecule has 0 atom stereocenters. The lowest BCUT2D eigenvalue weighted by atomic mass is 10.1. The van der Waals surface area contributed by atoms with Gasteiger partial charge in [0.15, 0.2) is 4.80 Å². The topological polar surface area (TPSA) is 34.4 Å². The van der Waals surface area contributed by atoms with Crippen molar-refractivity contribution in [2.75, 3.05) is 6.54 Å². The molecule has 0 fully saturated rings. The number of thiazole rings is 1. The third kappa shape index (κ3) is 1.85. The molecule has 4 heteroatoms. The van der Waals surface area contributed by atoms with E-state index in [9.17, 15) is 4.79 Å². The summed E-state index contributed by atoms with van der Waals surface area (Å²) in [5.41, 5.74) is 2.38. The molecule has 0 bridgehead atoms. The molecule has 0 aliphatic carbocycles.